The lowest BCUT2D eigenvalue weighted by Crippen LogP contribution is -2.36. The van der Waals surface area contributed by atoms with Crippen molar-refractivity contribution in [1.82, 2.24) is 15.4 Å². The van der Waals surface area contributed by atoms with E-state index < -0.39 is 0 Å². The lowest BCUT2D eigenvalue weighted by Gasteiger charge is -2.25. The summed E-state index contributed by atoms with van der Waals surface area (Å²) in [5, 5.41) is 6.84. The van der Waals surface area contributed by atoms with Gasteiger partial charge in [-0.1, -0.05) is 142 Å². The highest BCUT2D eigenvalue weighted by atomic mass is 16.5. The van der Waals surface area contributed by atoms with Gasteiger partial charge in [0.15, 0.2) is 12.1 Å². The molecule has 1 atom stereocenters. The van der Waals surface area contributed by atoms with Gasteiger partial charge in [-0.15, -0.1) is 5.10 Å². The molecule has 2 heterocycles. The van der Waals surface area contributed by atoms with Crippen LogP contribution in [0.2, 0.25) is 0 Å². The van der Waals surface area contributed by atoms with Crippen LogP contribution in [-0.2, 0) is 4.74 Å². The normalized spacial score (nSPS) is 14.3. The van der Waals surface area contributed by atoms with Crippen molar-refractivity contribution >= 4 is 16.7 Å². The lowest BCUT2D eigenvalue weighted by atomic mass is 9.93. The van der Waals surface area contributed by atoms with Gasteiger partial charge in [-0.2, -0.15) is 0 Å². The molecule has 6 aromatic carbocycles. The Balaban J connectivity index is 1.18. The Hall–Kier alpha value is -6.07. The summed E-state index contributed by atoms with van der Waals surface area (Å²) >= 11 is 0. The number of hydrazone groups is 1. The van der Waals surface area contributed by atoms with E-state index >= 15 is 0 Å². The highest BCUT2D eigenvalue weighted by Gasteiger charge is 2.31. The smallest absolute Gasteiger partial charge is 0.240 e. The average molecular weight is 637 g/mol. The maximum atomic E-state index is 6.18. The molecule has 0 fully saturated rings. The van der Waals surface area contributed by atoms with Gasteiger partial charge in [0, 0.05) is 27.7 Å². The SMILES string of the molecule is CC(C)(C)C1NN=C(c2cccc(-c3ccc4ccc(-c5ccccc5-c5cc(-c6ccccc6)nc(-c6ccccc6)n5)cc4c3)c2)O1. The summed E-state index contributed by atoms with van der Waals surface area (Å²) in [5.41, 5.74) is 13.4. The number of nitrogens with one attached hydrogen (secondary N) is 1. The van der Waals surface area contributed by atoms with Crippen molar-refractivity contribution in [2.45, 2.75) is 27.0 Å². The molecule has 5 nitrogen and oxygen atoms in total. The zero-order valence-electron chi connectivity index (χ0n) is 27.8. The molecule has 7 aromatic rings. The highest BCUT2D eigenvalue weighted by molar-refractivity contribution is 5.97. The third-order valence-corrected chi connectivity index (χ3v) is 8.92. The molecule has 49 heavy (non-hydrogen) atoms. The van der Waals surface area contributed by atoms with E-state index in [0.29, 0.717) is 11.7 Å². The topological polar surface area (TPSA) is 59.4 Å². The number of aromatic nitrogens is 2. The Kier molecular flexibility index (Phi) is 7.73. The van der Waals surface area contributed by atoms with Gasteiger partial charge in [0.25, 0.3) is 0 Å². The molecule has 5 heteroatoms. The summed E-state index contributed by atoms with van der Waals surface area (Å²) < 4.78 is 6.18. The van der Waals surface area contributed by atoms with Gasteiger partial charge in [0.05, 0.1) is 11.4 Å². The van der Waals surface area contributed by atoms with Gasteiger partial charge in [0.1, 0.15) is 0 Å². The van der Waals surface area contributed by atoms with Crippen molar-refractivity contribution in [3.8, 4) is 56.2 Å². The van der Waals surface area contributed by atoms with Gasteiger partial charge < -0.3 is 4.74 Å². The van der Waals surface area contributed by atoms with Crippen LogP contribution in [0.15, 0.2) is 157 Å². The summed E-state index contributed by atoms with van der Waals surface area (Å²) in [5.74, 6) is 1.33. The van der Waals surface area contributed by atoms with Crippen LogP contribution in [0.5, 0.6) is 0 Å². The minimum atomic E-state index is -0.162. The number of hydrogen-bond donors (Lipinski definition) is 1. The largest absolute Gasteiger partial charge is 0.450 e. The Morgan fingerprint density at radius 2 is 1.08 bits per heavy atom. The summed E-state index contributed by atoms with van der Waals surface area (Å²) in [6, 6.07) is 52.8. The molecule has 8 rings (SSSR count). The van der Waals surface area contributed by atoms with Crippen molar-refractivity contribution < 1.29 is 4.74 Å². The maximum absolute atomic E-state index is 6.18. The predicted octanol–water partition coefficient (Wildman–Crippen LogP) is 10.6. The van der Waals surface area contributed by atoms with Crippen LogP contribution in [0.1, 0.15) is 26.3 Å². The molecule has 1 aromatic heterocycles. The van der Waals surface area contributed by atoms with Crippen LogP contribution in [0, 0.1) is 5.41 Å². The van der Waals surface area contributed by atoms with Crippen molar-refractivity contribution in [1.29, 1.82) is 0 Å². The van der Waals surface area contributed by atoms with Gasteiger partial charge in [-0.05, 0) is 63.4 Å². The third kappa shape index (κ3) is 6.19. The number of benzene rings is 6. The van der Waals surface area contributed by atoms with Crippen LogP contribution < -0.4 is 5.43 Å². The van der Waals surface area contributed by atoms with Crippen molar-refractivity contribution in [2.24, 2.45) is 10.5 Å². The van der Waals surface area contributed by atoms with E-state index in [1.54, 1.807) is 0 Å². The molecule has 1 unspecified atom stereocenters. The highest BCUT2D eigenvalue weighted by Crippen LogP contribution is 2.36. The molecule has 1 N–H and O–H groups in total. The average Bonchev–Trinajstić information content (AvgIpc) is 3.67. The first kappa shape index (κ1) is 30.3. The summed E-state index contributed by atoms with van der Waals surface area (Å²) in [7, 11) is 0. The summed E-state index contributed by atoms with van der Waals surface area (Å²) in [4.78, 5) is 10.1. The fraction of sp³-hybridized carbons (Fsp3) is 0.114. The minimum Gasteiger partial charge on any atom is -0.450 e. The standard InChI is InChI=1S/C44H36N4O/c1-44(2,3)43-48-47-42(49-43)35-18-12-17-32(25-35)33-23-21-29-22-24-34(27-36(29)26-33)37-19-10-11-20-38(37)40-28-39(30-13-6-4-7-14-30)45-41(46-40)31-15-8-5-9-16-31/h4-28,43,48H,1-3H3. The molecule has 0 aliphatic carbocycles. The molecule has 0 amide bonds. The molecule has 0 spiro atoms. The summed E-state index contributed by atoms with van der Waals surface area (Å²) in [6.07, 6.45) is -0.162. The van der Waals surface area contributed by atoms with E-state index in [0.717, 1.165) is 61.3 Å². The first-order valence-corrected chi connectivity index (χ1v) is 16.6. The van der Waals surface area contributed by atoms with Gasteiger partial charge in [-0.25, -0.2) is 9.97 Å². The quantitative estimate of drug-likeness (QED) is 0.197. The van der Waals surface area contributed by atoms with E-state index in [1.165, 1.54) is 5.39 Å². The maximum Gasteiger partial charge on any atom is 0.240 e. The number of fused-ring (bicyclic) bond motifs is 1. The van der Waals surface area contributed by atoms with Crippen LogP contribution in [-0.4, -0.2) is 22.1 Å². The van der Waals surface area contributed by atoms with Crippen LogP contribution in [0.4, 0.5) is 0 Å². The zero-order valence-corrected chi connectivity index (χ0v) is 27.8. The summed E-state index contributed by atoms with van der Waals surface area (Å²) in [6.45, 7) is 6.41. The van der Waals surface area contributed by atoms with Crippen molar-refractivity contribution in [2.75, 3.05) is 0 Å². The number of ether oxygens (including phenoxy) is 1. The van der Waals surface area contributed by atoms with Gasteiger partial charge >= 0.3 is 0 Å². The van der Waals surface area contributed by atoms with Crippen LogP contribution >= 0.6 is 0 Å². The molecule has 238 valence electrons. The van der Waals surface area contributed by atoms with E-state index in [9.17, 15) is 0 Å². The Labute approximate surface area is 287 Å². The molecule has 1 aliphatic rings. The Morgan fingerprint density at radius 3 is 1.82 bits per heavy atom. The first-order chi connectivity index (χ1) is 23.9. The molecular formula is C44H36N4O. The molecule has 0 saturated carbocycles. The zero-order chi connectivity index (χ0) is 33.4. The minimum absolute atomic E-state index is 0.0701. The second-order valence-corrected chi connectivity index (χ2v) is 13.5. The van der Waals surface area contributed by atoms with E-state index in [-0.39, 0.29) is 11.6 Å². The first-order valence-electron chi connectivity index (χ1n) is 16.6. The molecule has 0 saturated heterocycles. The molecule has 1 aliphatic heterocycles. The number of hydrogen-bond acceptors (Lipinski definition) is 5. The van der Waals surface area contributed by atoms with Crippen molar-refractivity contribution in [3.63, 3.8) is 0 Å². The molecule has 0 radical (unpaired) electrons. The molecular weight excluding hydrogens is 601 g/mol. The predicted molar refractivity (Wildman–Crippen MR) is 201 cm³/mol. The lowest BCUT2D eigenvalue weighted by molar-refractivity contribution is 0.0713. The van der Waals surface area contributed by atoms with Gasteiger partial charge in [0.2, 0.25) is 5.90 Å². The number of rotatable bonds is 6. The second kappa shape index (κ2) is 12.5. The van der Waals surface area contributed by atoms with E-state index in [2.05, 4.69) is 140 Å². The Morgan fingerprint density at radius 1 is 0.490 bits per heavy atom. The van der Waals surface area contributed by atoms with Gasteiger partial charge in [-0.3, -0.25) is 5.43 Å². The number of nitrogens with zero attached hydrogens (tertiary/aromatic N) is 3. The van der Waals surface area contributed by atoms with E-state index in [1.807, 2.05) is 42.5 Å². The third-order valence-electron chi connectivity index (χ3n) is 8.92. The second-order valence-electron chi connectivity index (χ2n) is 13.5. The fourth-order valence-corrected chi connectivity index (χ4v) is 6.23. The van der Waals surface area contributed by atoms with Crippen LogP contribution in [0.3, 0.4) is 0 Å². The monoisotopic (exact) mass is 636 g/mol. The van der Waals surface area contributed by atoms with Crippen molar-refractivity contribution in [3.05, 3.63) is 157 Å². The molecule has 0 bridgehead atoms. The van der Waals surface area contributed by atoms with E-state index in [4.69, 9.17) is 14.7 Å². The fourth-order valence-electron chi connectivity index (χ4n) is 6.23. The Bertz CT molecular complexity index is 2270. The van der Waals surface area contributed by atoms with Crippen LogP contribution in [0.25, 0.3) is 66.9 Å².